The van der Waals surface area contributed by atoms with Crippen LogP contribution in [0.25, 0.3) is 10.2 Å². The molecule has 7 heteroatoms. The van der Waals surface area contributed by atoms with E-state index in [1.54, 1.807) is 15.9 Å². The molecule has 0 aromatic carbocycles. The van der Waals surface area contributed by atoms with Gasteiger partial charge in [-0.3, -0.25) is 9.36 Å². The molecule has 0 amide bonds. The summed E-state index contributed by atoms with van der Waals surface area (Å²) in [5, 5.41) is 0.807. The van der Waals surface area contributed by atoms with Gasteiger partial charge in [0.25, 0.3) is 5.56 Å². The van der Waals surface area contributed by atoms with Gasteiger partial charge in [-0.1, -0.05) is 6.92 Å². The van der Waals surface area contributed by atoms with E-state index >= 15 is 0 Å². The number of rotatable bonds is 5. The first-order chi connectivity index (χ1) is 11.0. The van der Waals surface area contributed by atoms with Crippen molar-refractivity contribution in [2.24, 2.45) is 0 Å². The summed E-state index contributed by atoms with van der Waals surface area (Å²) in [4.78, 5) is 22.4. The predicted octanol–water partition coefficient (Wildman–Crippen LogP) is 3.59. The van der Waals surface area contributed by atoms with Crippen LogP contribution in [-0.4, -0.2) is 19.1 Å². The van der Waals surface area contributed by atoms with Crippen LogP contribution >= 0.6 is 23.6 Å². The van der Waals surface area contributed by atoms with E-state index in [2.05, 4.69) is 23.8 Å². The van der Waals surface area contributed by atoms with Gasteiger partial charge in [-0.05, 0) is 44.5 Å². The first-order valence-electron chi connectivity index (χ1n) is 7.74. The average molecular weight is 348 g/mol. The normalized spacial score (nSPS) is 11.4. The lowest BCUT2D eigenvalue weighted by Gasteiger charge is -2.07. The second-order valence-electron chi connectivity index (χ2n) is 5.69. The summed E-state index contributed by atoms with van der Waals surface area (Å²) in [6.07, 6.45) is 5.52. The Hall–Kier alpha value is -1.73. The lowest BCUT2D eigenvalue weighted by Crippen LogP contribution is -2.23. The number of aryl methyl sites for hydroxylation is 4. The van der Waals surface area contributed by atoms with Crippen molar-refractivity contribution >= 4 is 33.8 Å². The van der Waals surface area contributed by atoms with Crippen LogP contribution in [0.15, 0.2) is 17.3 Å². The van der Waals surface area contributed by atoms with Crippen LogP contribution in [0.4, 0.5) is 0 Å². The highest BCUT2D eigenvalue weighted by Gasteiger charge is 2.14. The van der Waals surface area contributed by atoms with Gasteiger partial charge < -0.3 is 9.55 Å². The third-order valence-corrected chi connectivity index (χ3v) is 5.43. The number of nitrogens with one attached hydrogen (secondary N) is 1. The molecule has 0 atom stereocenters. The van der Waals surface area contributed by atoms with Crippen molar-refractivity contribution in [3.05, 3.63) is 43.8 Å². The van der Waals surface area contributed by atoms with E-state index < -0.39 is 0 Å². The molecule has 0 aliphatic carbocycles. The zero-order valence-electron chi connectivity index (χ0n) is 13.5. The molecule has 3 aromatic heterocycles. The van der Waals surface area contributed by atoms with Gasteiger partial charge in [0.1, 0.15) is 4.83 Å². The van der Waals surface area contributed by atoms with Crippen LogP contribution in [-0.2, 0) is 19.5 Å². The monoisotopic (exact) mass is 348 g/mol. The average Bonchev–Trinajstić information content (AvgIpc) is 3.05. The molecule has 3 rings (SSSR count). The van der Waals surface area contributed by atoms with E-state index in [1.165, 1.54) is 4.88 Å². The largest absolute Gasteiger partial charge is 0.337 e. The molecule has 1 N–H and O–H groups in total. The fourth-order valence-electron chi connectivity index (χ4n) is 2.92. The lowest BCUT2D eigenvalue weighted by molar-refractivity contribution is 0.546. The molecule has 0 bridgehead atoms. The molecule has 0 aliphatic heterocycles. The number of nitrogens with zero attached hydrogens (tertiary/aromatic N) is 3. The Labute approximate surface area is 143 Å². The molecule has 0 saturated carbocycles. The maximum Gasteiger partial charge on any atom is 0.263 e. The Kier molecular flexibility index (Phi) is 4.50. The predicted molar refractivity (Wildman–Crippen MR) is 97.0 cm³/mol. The summed E-state index contributed by atoms with van der Waals surface area (Å²) in [5.74, 6) is 0. The fourth-order valence-corrected chi connectivity index (χ4v) is 4.40. The molecule has 5 nitrogen and oxygen atoms in total. The number of aromatic nitrogens is 4. The zero-order chi connectivity index (χ0) is 16.6. The zero-order valence-corrected chi connectivity index (χ0v) is 15.2. The highest BCUT2D eigenvalue weighted by atomic mass is 32.1. The molecule has 0 aliphatic rings. The first-order valence-corrected chi connectivity index (χ1v) is 8.97. The third kappa shape index (κ3) is 3.03. The molecule has 3 aromatic rings. The van der Waals surface area contributed by atoms with Crippen LogP contribution in [0.5, 0.6) is 0 Å². The van der Waals surface area contributed by atoms with Crippen molar-refractivity contribution in [2.45, 2.75) is 46.7 Å². The molecule has 0 radical (unpaired) electrons. The molecule has 0 saturated heterocycles. The van der Waals surface area contributed by atoms with Crippen molar-refractivity contribution in [3.63, 3.8) is 0 Å². The molecule has 0 spiro atoms. The van der Waals surface area contributed by atoms with E-state index in [0.717, 1.165) is 40.9 Å². The van der Waals surface area contributed by atoms with Crippen molar-refractivity contribution in [3.8, 4) is 0 Å². The van der Waals surface area contributed by atoms with Crippen LogP contribution in [0.1, 0.15) is 29.5 Å². The van der Waals surface area contributed by atoms with E-state index in [-0.39, 0.29) is 5.56 Å². The maximum absolute atomic E-state index is 12.9. The third-order valence-electron chi connectivity index (χ3n) is 4.05. The van der Waals surface area contributed by atoms with Crippen molar-refractivity contribution < 1.29 is 0 Å². The highest BCUT2D eigenvalue weighted by molar-refractivity contribution is 7.71. The SMILES string of the molecule is CCc1c(C)sc2[nH]c(=S)n(CCCn3cnc(C)c3)c(=O)c12. The van der Waals surface area contributed by atoms with Crippen molar-refractivity contribution in [1.29, 1.82) is 0 Å². The van der Waals surface area contributed by atoms with E-state index in [0.29, 0.717) is 11.3 Å². The van der Waals surface area contributed by atoms with Gasteiger partial charge in [0.15, 0.2) is 4.77 Å². The number of fused-ring (bicyclic) bond motifs is 1. The minimum Gasteiger partial charge on any atom is -0.337 e. The molecule has 0 fully saturated rings. The molecular formula is C16H20N4OS2. The number of H-pyrrole nitrogens is 1. The summed E-state index contributed by atoms with van der Waals surface area (Å²) in [7, 11) is 0. The van der Waals surface area contributed by atoms with Gasteiger partial charge in [-0.25, -0.2) is 4.98 Å². The Balaban J connectivity index is 1.91. The standard InChI is InChI=1S/C16H20N4OS2/c1-4-12-11(3)23-14-13(12)15(21)20(16(22)18-14)7-5-6-19-8-10(2)17-9-19/h8-9H,4-7H2,1-3H3,(H,18,22). The highest BCUT2D eigenvalue weighted by Crippen LogP contribution is 2.27. The summed E-state index contributed by atoms with van der Waals surface area (Å²) < 4.78 is 4.23. The smallest absolute Gasteiger partial charge is 0.263 e. The van der Waals surface area contributed by atoms with Crippen LogP contribution in [0.3, 0.4) is 0 Å². The van der Waals surface area contributed by atoms with Gasteiger partial charge in [-0.2, -0.15) is 0 Å². The number of aromatic amines is 1. The van der Waals surface area contributed by atoms with Gasteiger partial charge in [0, 0.05) is 24.2 Å². The summed E-state index contributed by atoms with van der Waals surface area (Å²) in [6.45, 7) is 7.55. The van der Waals surface area contributed by atoms with Crippen molar-refractivity contribution in [2.75, 3.05) is 0 Å². The Morgan fingerprint density at radius 2 is 2.13 bits per heavy atom. The van der Waals surface area contributed by atoms with Gasteiger partial charge in [0.2, 0.25) is 0 Å². The Bertz CT molecular complexity index is 961. The summed E-state index contributed by atoms with van der Waals surface area (Å²) in [6, 6.07) is 0. The molecular weight excluding hydrogens is 328 g/mol. The second kappa shape index (κ2) is 6.41. The summed E-state index contributed by atoms with van der Waals surface area (Å²) >= 11 is 7.00. The van der Waals surface area contributed by atoms with Gasteiger partial charge in [0.05, 0.1) is 17.4 Å². The quantitative estimate of drug-likeness (QED) is 0.717. The first kappa shape index (κ1) is 16.1. The van der Waals surface area contributed by atoms with E-state index in [1.807, 2.05) is 24.0 Å². The molecule has 0 unspecified atom stereocenters. The van der Waals surface area contributed by atoms with Crippen LogP contribution < -0.4 is 5.56 Å². The van der Waals surface area contributed by atoms with E-state index in [9.17, 15) is 4.79 Å². The Morgan fingerprint density at radius 1 is 1.35 bits per heavy atom. The fraction of sp³-hybridized carbons (Fsp3) is 0.438. The number of hydrogen-bond donors (Lipinski definition) is 1. The van der Waals surface area contributed by atoms with Gasteiger partial charge >= 0.3 is 0 Å². The van der Waals surface area contributed by atoms with E-state index in [4.69, 9.17) is 12.2 Å². The molecule has 23 heavy (non-hydrogen) atoms. The molecule has 122 valence electrons. The minimum atomic E-state index is 0.0340. The van der Waals surface area contributed by atoms with Crippen LogP contribution in [0.2, 0.25) is 0 Å². The number of imidazole rings is 1. The topological polar surface area (TPSA) is 55.6 Å². The number of hydrogen-bond acceptors (Lipinski definition) is 4. The second-order valence-corrected chi connectivity index (χ2v) is 7.30. The van der Waals surface area contributed by atoms with Crippen molar-refractivity contribution in [1.82, 2.24) is 19.1 Å². The van der Waals surface area contributed by atoms with Gasteiger partial charge in [-0.15, -0.1) is 11.3 Å². The number of thiophene rings is 1. The Morgan fingerprint density at radius 3 is 2.78 bits per heavy atom. The van der Waals surface area contributed by atoms with Crippen LogP contribution in [0, 0.1) is 18.6 Å². The maximum atomic E-state index is 12.9. The lowest BCUT2D eigenvalue weighted by atomic mass is 10.1. The molecule has 3 heterocycles. The summed E-state index contributed by atoms with van der Waals surface area (Å²) in [5.41, 5.74) is 2.18. The minimum absolute atomic E-state index is 0.0340.